The van der Waals surface area contributed by atoms with Gasteiger partial charge in [0.1, 0.15) is 12.4 Å². The monoisotopic (exact) mass is 287 g/mol. The number of nitrogens with zero attached hydrogens (tertiary/aromatic N) is 2. The Kier molecular flexibility index (Phi) is 9.73. The molecule has 1 saturated heterocycles. The molecule has 0 aromatic rings. The Hall–Kier alpha value is -0.570. The molecule has 0 bridgehead atoms. The number of piperazine rings is 1. The Morgan fingerprint density at radius 3 is 2.10 bits per heavy atom. The van der Waals surface area contributed by atoms with Crippen LogP contribution >= 0.6 is 0 Å². The Bertz CT molecular complexity index is 247. The quantitative estimate of drug-likeness (QED) is 0.243. The van der Waals surface area contributed by atoms with Crippen molar-refractivity contribution in [2.24, 2.45) is 5.73 Å². The summed E-state index contributed by atoms with van der Waals surface area (Å²) >= 11 is 0. The van der Waals surface area contributed by atoms with Crippen molar-refractivity contribution < 1.29 is 9.90 Å². The summed E-state index contributed by atoms with van der Waals surface area (Å²) in [5.74, 6) is 0. The van der Waals surface area contributed by atoms with E-state index in [1.165, 1.54) is 0 Å². The zero-order chi connectivity index (χ0) is 14.6. The van der Waals surface area contributed by atoms with Crippen molar-refractivity contribution in [1.82, 2.24) is 20.4 Å². The van der Waals surface area contributed by atoms with Crippen LogP contribution in [0.4, 0.5) is 0 Å². The number of aliphatic hydroxyl groups excluding tert-OH is 1. The van der Waals surface area contributed by atoms with Crippen molar-refractivity contribution in [2.75, 3.05) is 72.0 Å². The van der Waals surface area contributed by atoms with Crippen LogP contribution in [0.2, 0.25) is 0 Å². The molecular formula is C13H29N5O2. The van der Waals surface area contributed by atoms with E-state index in [9.17, 15) is 4.79 Å². The van der Waals surface area contributed by atoms with Crippen LogP contribution in [0.25, 0.3) is 0 Å². The number of nitrogens with one attached hydrogen (secondary N) is 2. The molecule has 7 heteroatoms. The summed E-state index contributed by atoms with van der Waals surface area (Å²) in [6, 6.07) is 0. The fourth-order valence-electron chi connectivity index (χ4n) is 2.24. The first-order valence-electron chi connectivity index (χ1n) is 7.46. The van der Waals surface area contributed by atoms with Crippen LogP contribution in [0.5, 0.6) is 0 Å². The fourth-order valence-corrected chi connectivity index (χ4v) is 2.24. The number of carbonyl (C=O) groups excluding carboxylic acids is 1. The molecule has 1 atom stereocenters. The number of nitrogens with two attached hydrogens (primary N) is 1. The van der Waals surface area contributed by atoms with E-state index >= 15 is 0 Å². The molecule has 1 aliphatic rings. The molecule has 5 N–H and O–H groups in total. The molecule has 0 radical (unpaired) electrons. The second-order valence-electron chi connectivity index (χ2n) is 5.13. The lowest BCUT2D eigenvalue weighted by Crippen LogP contribution is -2.49. The predicted molar refractivity (Wildman–Crippen MR) is 79.7 cm³/mol. The molecule has 0 saturated carbocycles. The highest BCUT2D eigenvalue weighted by Crippen LogP contribution is 1.99. The van der Waals surface area contributed by atoms with Crippen LogP contribution in [0.1, 0.15) is 0 Å². The molecular weight excluding hydrogens is 258 g/mol. The molecule has 0 aromatic heterocycles. The minimum atomic E-state index is -0.882. The smallest absolute Gasteiger partial charge is 0.149 e. The highest BCUT2D eigenvalue weighted by atomic mass is 16.3. The van der Waals surface area contributed by atoms with Crippen LogP contribution in [0.15, 0.2) is 0 Å². The number of aliphatic hydroxyl groups is 1. The third kappa shape index (κ3) is 7.88. The van der Waals surface area contributed by atoms with E-state index in [0.29, 0.717) is 19.4 Å². The fraction of sp³-hybridized carbons (Fsp3) is 0.923. The molecule has 1 rings (SSSR count). The summed E-state index contributed by atoms with van der Waals surface area (Å²) in [5, 5.41) is 15.5. The number of rotatable bonds is 11. The van der Waals surface area contributed by atoms with E-state index < -0.39 is 6.10 Å². The topological polar surface area (TPSA) is 93.9 Å². The average Bonchev–Trinajstić information content (AvgIpc) is 2.49. The molecule has 20 heavy (non-hydrogen) atoms. The van der Waals surface area contributed by atoms with E-state index in [1.807, 2.05) is 0 Å². The van der Waals surface area contributed by atoms with Gasteiger partial charge < -0.3 is 26.3 Å². The van der Waals surface area contributed by atoms with Crippen molar-refractivity contribution in [3.8, 4) is 0 Å². The summed E-state index contributed by atoms with van der Waals surface area (Å²) in [6.45, 7) is 10.1. The largest absolute Gasteiger partial charge is 0.384 e. The van der Waals surface area contributed by atoms with Gasteiger partial charge in [0.15, 0.2) is 0 Å². The van der Waals surface area contributed by atoms with Crippen LogP contribution in [-0.2, 0) is 4.79 Å². The van der Waals surface area contributed by atoms with Gasteiger partial charge in [-0.2, -0.15) is 0 Å². The van der Waals surface area contributed by atoms with E-state index in [1.54, 1.807) is 0 Å². The maximum Gasteiger partial charge on any atom is 0.149 e. The van der Waals surface area contributed by atoms with Gasteiger partial charge in [0.05, 0.1) is 0 Å². The van der Waals surface area contributed by atoms with Gasteiger partial charge in [0, 0.05) is 72.0 Å². The van der Waals surface area contributed by atoms with Crippen LogP contribution in [0.3, 0.4) is 0 Å². The van der Waals surface area contributed by atoms with Gasteiger partial charge in [-0.05, 0) is 0 Å². The van der Waals surface area contributed by atoms with Crippen LogP contribution in [-0.4, -0.2) is 99.3 Å². The van der Waals surface area contributed by atoms with Gasteiger partial charge >= 0.3 is 0 Å². The zero-order valence-electron chi connectivity index (χ0n) is 12.3. The summed E-state index contributed by atoms with van der Waals surface area (Å²) in [6.07, 6.45) is -0.322. The zero-order valence-corrected chi connectivity index (χ0v) is 12.3. The summed E-state index contributed by atoms with van der Waals surface area (Å²) in [5.41, 5.74) is 5.43. The van der Waals surface area contributed by atoms with Crippen LogP contribution in [0, 0.1) is 0 Å². The standard InChI is InChI=1S/C13H29N5O2/c14-1-2-15-3-5-17-7-9-18(10-8-17)6-4-16-11-13(20)12-19/h12-13,15-16,20H,1-11,14H2. The first kappa shape index (κ1) is 17.5. The Balaban J connectivity index is 1.97. The number of hydrogen-bond acceptors (Lipinski definition) is 7. The number of aldehydes is 1. The second kappa shape index (κ2) is 11.1. The molecule has 0 amide bonds. The number of carbonyl (C=O) groups is 1. The van der Waals surface area contributed by atoms with Gasteiger partial charge in [-0.25, -0.2) is 0 Å². The molecule has 1 heterocycles. The van der Waals surface area contributed by atoms with Crippen molar-refractivity contribution in [2.45, 2.75) is 6.10 Å². The van der Waals surface area contributed by atoms with Gasteiger partial charge in [-0.3, -0.25) is 9.80 Å². The Morgan fingerprint density at radius 2 is 1.60 bits per heavy atom. The maximum absolute atomic E-state index is 10.2. The third-order valence-electron chi connectivity index (χ3n) is 3.51. The first-order valence-corrected chi connectivity index (χ1v) is 7.46. The van der Waals surface area contributed by atoms with Crippen LogP contribution < -0.4 is 16.4 Å². The third-order valence-corrected chi connectivity index (χ3v) is 3.51. The molecule has 1 unspecified atom stereocenters. The maximum atomic E-state index is 10.2. The summed E-state index contributed by atoms with van der Waals surface area (Å²) in [4.78, 5) is 15.1. The molecule has 1 aliphatic heterocycles. The molecule has 0 aliphatic carbocycles. The molecule has 1 fully saturated rings. The Labute approximate surface area is 121 Å². The molecule has 118 valence electrons. The normalized spacial score (nSPS) is 19.1. The minimum Gasteiger partial charge on any atom is -0.384 e. The highest BCUT2D eigenvalue weighted by molar-refractivity contribution is 5.55. The minimum absolute atomic E-state index is 0.344. The van der Waals surface area contributed by atoms with E-state index in [2.05, 4.69) is 20.4 Å². The van der Waals surface area contributed by atoms with E-state index in [-0.39, 0.29) is 0 Å². The first-order chi connectivity index (χ1) is 9.76. The van der Waals surface area contributed by atoms with Gasteiger partial charge in [-0.1, -0.05) is 0 Å². The van der Waals surface area contributed by atoms with Crippen molar-refractivity contribution in [3.05, 3.63) is 0 Å². The van der Waals surface area contributed by atoms with Crippen molar-refractivity contribution in [3.63, 3.8) is 0 Å². The molecule has 0 spiro atoms. The lowest BCUT2D eigenvalue weighted by atomic mass is 10.3. The second-order valence-corrected chi connectivity index (χ2v) is 5.13. The van der Waals surface area contributed by atoms with E-state index in [4.69, 9.17) is 10.8 Å². The Morgan fingerprint density at radius 1 is 1.05 bits per heavy atom. The predicted octanol–water partition coefficient (Wildman–Crippen LogP) is -2.70. The van der Waals surface area contributed by atoms with E-state index in [0.717, 1.165) is 58.9 Å². The molecule has 7 nitrogen and oxygen atoms in total. The van der Waals surface area contributed by atoms with Gasteiger partial charge in [0.2, 0.25) is 0 Å². The van der Waals surface area contributed by atoms with Crippen molar-refractivity contribution >= 4 is 6.29 Å². The van der Waals surface area contributed by atoms with Gasteiger partial charge in [-0.15, -0.1) is 0 Å². The lowest BCUT2D eigenvalue weighted by Gasteiger charge is -2.34. The van der Waals surface area contributed by atoms with Crippen molar-refractivity contribution in [1.29, 1.82) is 0 Å². The molecule has 0 aromatic carbocycles. The lowest BCUT2D eigenvalue weighted by molar-refractivity contribution is -0.114. The SMILES string of the molecule is NCCNCCN1CCN(CCNCC(O)C=O)CC1. The average molecular weight is 287 g/mol. The van der Waals surface area contributed by atoms with Gasteiger partial charge in [0.25, 0.3) is 0 Å². The highest BCUT2D eigenvalue weighted by Gasteiger charge is 2.15. The summed E-state index contributed by atoms with van der Waals surface area (Å²) < 4.78 is 0. The number of hydrogen-bond donors (Lipinski definition) is 4. The summed E-state index contributed by atoms with van der Waals surface area (Å²) in [7, 11) is 0.